The number of carbonyl (C=O) groups excluding carboxylic acids is 1. The van der Waals surface area contributed by atoms with Crippen LogP contribution in [-0.2, 0) is 9.59 Å². The maximum Gasteiger partial charge on any atom is 0.316 e. The first-order valence-corrected chi connectivity index (χ1v) is 4.98. The van der Waals surface area contributed by atoms with E-state index in [1.165, 1.54) is 0 Å². The van der Waals surface area contributed by atoms with Crippen LogP contribution in [0.1, 0.15) is 20.8 Å². The van der Waals surface area contributed by atoms with Crippen molar-refractivity contribution in [2.24, 2.45) is 11.7 Å². The van der Waals surface area contributed by atoms with Gasteiger partial charge in [0.1, 0.15) is 5.25 Å². The van der Waals surface area contributed by atoms with Crippen molar-refractivity contribution in [3.63, 3.8) is 0 Å². The second-order valence-corrected chi connectivity index (χ2v) is 4.67. The van der Waals surface area contributed by atoms with Crippen molar-refractivity contribution in [3.05, 3.63) is 0 Å². The van der Waals surface area contributed by atoms with Gasteiger partial charge in [0.15, 0.2) is 0 Å². The summed E-state index contributed by atoms with van der Waals surface area (Å²) in [6.07, 6.45) is 0. The van der Waals surface area contributed by atoms with Crippen LogP contribution in [0, 0.1) is 5.92 Å². The lowest BCUT2D eigenvalue weighted by molar-refractivity contribution is -0.137. The SMILES string of the molecule is CC(SC(C(=O)O)C(C)C)C(N)=O. The summed E-state index contributed by atoms with van der Waals surface area (Å²) in [6.45, 7) is 5.23. The van der Waals surface area contributed by atoms with Gasteiger partial charge in [-0.15, -0.1) is 11.8 Å². The highest BCUT2D eigenvalue weighted by Crippen LogP contribution is 2.24. The van der Waals surface area contributed by atoms with Gasteiger partial charge in [0.2, 0.25) is 5.91 Å². The predicted molar refractivity (Wildman–Crippen MR) is 52.5 cm³/mol. The normalized spacial score (nSPS) is 15.4. The summed E-state index contributed by atoms with van der Waals surface area (Å²) < 4.78 is 0. The van der Waals surface area contributed by atoms with E-state index >= 15 is 0 Å². The predicted octanol–water partition coefficient (Wildman–Crippen LogP) is 0.703. The lowest BCUT2D eigenvalue weighted by atomic mass is 10.1. The number of rotatable bonds is 5. The van der Waals surface area contributed by atoms with Gasteiger partial charge < -0.3 is 10.8 Å². The third kappa shape index (κ3) is 4.17. The molecule has 5 heteroatoms. The zero-order valence-corrected chi connectivity index (χ0v) is 8.80. The Morgan fingerprint density at radius 2 is 1.77 bits per heavy atom. The molecule has 0 aliphatic rings. The Balaban J connectivity index is 4.27. The average Bonchev–Trinajstić information content (AvgIpc) is 1.97. The van der Waals surface area contributed by atoms with E-state index in [2.05, 4.69) is 0 Å². The van der Waals surface area contributed by atoms with Gasteiger partial charge in [-0.2, -0.15) is 0 Å². The van der Waals surface area contributed by atoms with Crippen molar-refractivity contribution >= 4 is 23.6 Å². The van der Waals surface area contributed by atoms with E-state index in [0.29, 0.717) is 0 Å². The molecule has 0 heterocycles. The second kappa shape index (κ2) is 5.11. The molecule has 4 nitrogen and oxygen atoms in total. The molecular formula is C8H15NO3S. The minimum Gasteiger partial charge on any atom is -0.480 e. The third-order valence-corrected chi connectivity index (χ3v) is 3.28. The lowest BCUT2D eigenvalue weighted by Crippen LogP contribution is -2.30. The molecule has 0 aliphatic carbocycles. The first-order chi connectivity index (χ1) is 5.86. The van der Waals surface area contributed by atoms with E-state index in [1.54, 1.807) is 20.8 Å². The second-order valence-electron chi connectivity index (χ2n) is 3.18. The van der Waals surface area contributed by atoms with Crippen molar-refractivity contribution in [1.82, 2.24) is 0 Å². The molecule has 3 N–H and O–H groups in total. The number of aliphatic carboxylic acids is 1. The van der Waals surface area contributed by atoms with Gasteiger partial charge in [-0.25, -0.2) is 0 Å². The van der Waals surface area contributed by atoms with Crippen LogP contribution in [-0.4, -0.2) is 27.5 Å². The minimum atomic E-state index is -0.895. The summed E-state index contributed by atoms with van der Waals surface area (Å²) >= 11 is 1.09. The maximum atomic E-state index is 10.7. The highest BCUT2D eigenvalue weighted by molar-refractivity contribution is 8.01. The number of carbonyl (C=O) groups is 2. The molecule has 0 fully saturated rings. The topological polar surface area (TPSA) is 80.4 Å². The van der Waals surface area contributed by atoms with E-state index in [0.717, 1.165) is 11.8 Å². The number of primary amides is 1. The molecule has 0 saturated carbocycles. The van der Waals surface area contributed by atoms with Crippen molar-refractivity contribution in [2.45, 2.75) is 31.3 Å². The number of thioether (sulfide) groups is 1. The van der Waals surface area contributed by atoms with Crippen molar-refractivity contribution in [2.75, 3.05) is 0 Å². The fraction of sp³-hybridized carbons (Fsp3) is 0.750. The third-order valence-electron chi connectivity index (χ3n) is 1.60. The number of carboxylic acids is 1. The van der Waals surface area contributed by atoms with Crippen LogP contribution >= 0.6 is 11.8 Å². The zero-order chi connectivity index (χ0) is 10.6. The van der Waals surface area contributed by atoms with E-state index in [1.807, 2.05) is 0 Å². The summed E-state index contributed by atoms with van der Waals surface area (Å²) in [4.78, 5) is 21.4. The number of carboxylic acid groups (broad SMARTS) is 1. The van der Waals surface area contributed by atoms with Crippen molar-refractivity contribution in [3.8, 4) is 0 Å². The number of hydrogen-bond donors (Lipinski definition) is 2. The van der Waals surface area contributed by atoms with Crippen LogP contribution in [0.2, 0.25) is 0 Å². The molecule has 76 valence electrons. The van der Waals surface area contributed by atoms with Crippen molar-refractivity contribution in [1.29, 1.82) is 0 Å². The monoisotopic (exact) mass is 205 g/mol. The number of hydrogen-bond acceptors (Lipinski definition) is 3. The van der Waals surface area contributed by atoms with E-state index < -0.39 is 22.4 Å². The first-order valence-electron chi connectivity index (χ1n) is 4.03. The molecule has 0 spiro atoms. The summed E-state index contributed by atoms with van der Waals surface area (Å²) in [5, 5.41) is 7.78. The molecule has 0 aromatic heterocycles. The summed E-state index contributed by atoms with van der Waals surface area (Å²) in [7, 11) is 0. The molecule has 0 aromatic carbocycles. The number of amides is 1. The minimum absolute atomic E-state index is 0.00991. The molecule has 13 heavy (non-hydrogen) atoms. The Kier molecular flexibility index (Phi) is 4.83. The van der Waals surface area contributed by atoms with Gasteiger partial charge in [0.05, 0.1) is 5.25 Å². The molecule has 0 aliphatic heterocycles. The number of nitrogens with two attached hydrogens (primary N) is 1. The maximum absolute atomic E-state index is 10.7. The Hall–Kier alpha value is -0.710. The van der Waals surface area contributed by atoms with Gasteiger partial charge >= 0.3 is 5.97 Å². The van der Waals surface area contributed by atoms with Gasteiger partial charge in [-0.1, -0.05) is 13.8 Å². The molecule has 0 rings (SSSR count). The molecule has 0 bridgehead atoms. The first kappa shape index (κ1) is 12.3. The summed E-state index contributed by atoms with van der Waals surface area (Å²) in [5.41, 5.74) is 5.03. The molecule has 2 atom stereocenters. The Morgan fingerprint density at radius 3 is 2.00 bits per heavy atom. The molecule has 0 radical (unpaired) electrons. The standard InChI is InChI=1S/C8H15NO3S/c1-4(2)6(8(11)12)13-5(3)7(9)10/h4-6H,1-3H3,(H2,9,10)(H,11,12). The van der Waals surface area contributed by atoms with Crippen LogP contribution in [0.3, 0.4) is 0 Å². The summed E-state index contributed by atoms with van der Waals surface area (Å²) in [5.74, 6) is -1.38. The highest BCUT2D eigenvalue weighted by Gasteiger charge is 2.26. The molecule has 0 aromatic rings. The van der Waals surface area contributed by atoms with E-state index in [9.17, 15) is 9.59 Å². The quantitative estimate of drug-likeness (QED) is 0.692. The highest BCUT2D eigenvalue weighted by atomic mass is 32.2. The van der Waals surface area contributed by atoms with Crippen LogP contribution in [0.4, 0.5) is 0 Å². The van der Waals surface area contributed by atoms with Crippen LogP contribution in [0.15, 0.2) is 0 Å². The molecule has 0 saturated heterocycles. The fourth-order valence-corrected chi connectivity index (χ4v) is 1.79. The Morgan fingerprint density at radius 1 is 1.31 bits per heavy atom. The molecule has 2 unspecified atom stereocenters. The zero-order valence-electron chi connectivity index (χ0n) is 7.98. The van der Waals surface area contributed by atoms with Crippen LogP contribution in [0.25, 0.3) is 0 Å². The fourth-order valence-electron chi connectivity index (χ4n) is 0.787. The largest absolute Gasteiger partial charge is 0.480 e. The lowest BCUT2D eigenvalue weighted by Gasteiger charge is -2.18. The Bertz CT molecular complexity index is 206. The van der Waals surface area contributed by atoms with Gasteiger partial charge in [0.25, 0.3) is 0 Å². The Labute approximate surface area is 81.9 Å². The summed E-state index contributed by atoms with van der Waals surface area (Å²) in [6, 6.07) is 0. The smallest absolute Gasteiger partial charge is 0.316 e. The van der Waals surface area contributed by atoms with Gasteiger partial charge in [-0.05, 0) is 12.8 Å². The van der Waals surface area contributed by atoms with Crippen LogP contribution in [0.5, 0.6) is 0 Å². The van der Waals surface area contributed by atoms with E-state index in [-0.39, 0.29) is 5.92 Å². The molecular weight excluding hydrogens is 190 g/mol. The van der Waals surface area contributed by atoms with Crippen molar-refractivity contribution < 1.29 is 14.7 Å². The van der Waals surface area contributed by atoms with Gasteiger partial charge in [-0.3, -0.25) is 9.59 Å². The van der Waals surface area contributed by atoms with E-state index in [4.69, 9.17) is 10.8 Å². The average molecular weight is 205 g/mol. The van der Waals surface area contributed by atoms with Crippen LogP contribution < -0.4 is 5.73 Å². The molecule has 1 amide bonds. The van der Waals surface area contributed by atoms with Gasteiger partial charge in [0, 0.05) is 0 Å².